The summed E-state index contributed by atoms with van der Waals surface area (Å²) < 4.78 is 10.8. The molecule has 1 aromatic carbocycles. The van der Waals surface area contributed by atoms with Crippen LogP contribution in [0.25, 0.3) is 0 Å². The highest BCUT2D eigenvalue weighted by molar-refractivity contribution is 9.10. The van der Waals surface area contributed by atoms with Crippen molar-refractivity contribution in [3.05, 3.63) is 28.2 Å². The average Bonchev–Trinajstić information content (AvgIpc) is 2.39. The fourth-order valence-electron chi connectivity index (χ4n) is 1.38. The molecule has 1 rings (SSSR count). The van der Waals surface area contributed by atoms with E-state index in [4.69, 9.17) is 9.47 Å². The van der Waals surface area contributed by atoms with Gasteiger partial charge < -0.3 is 14.8 Å². The van der Waals surface area contributed by atoms with Crippen molar-refractivity contribution < 1.29 is 19.1 Å². The molecule has 0 fully saturated rings. The molecule has 0 radical (unpaired) electrons. The van der Waals surface area contributed by atoms with Gasteiger partial charge in [0, 0.05) is 5.56 Å². The molecule has 1 aromatic rings. The van der Waals surface area contributed by atoms with Crippen molar-refractivity contribution in [2.75, 3.05) is 19.8 Å². The Balaban J connectivity index is 2.62. The number of amides is 1. The lowest BCUT2D eigenvalue weighted by atomic mass is 10.2. The Bertz CT molecular complexity index is 462. The minimum absolute atomic E-state index is 0.141. The van der Waals surface area contributed by atoms with Gasteiger partial charge in [0.15, 0.2) is 0 Å². The van der Waals surface area contributed by atoms with Crippen LogP contribution in [0.15, 0.2) is 22.7 Å². The van der Waals surface area contributed by atoms with Crippen LogP contribution < -0.4 is 10.1 Å². The van der Waals surface area contributed by atoms with Gasteiger partial charge in [-0.2, -0.15) is 0 Å². The number of carbonyl (C=O) groups is 2. The molecule has 0 aliphatic heterocycles. The molecule has 0 aliphatic rings. The summed E-state index contributed by atoms with van der Waals surface area (Å²) in [5, 5.41) is 2.49. The molecule has 0 unspecified atom stereocenters. The highest BCUT2D eigenvalue weighted by Crippen LogP contribution is 2.25. The van der Waals surface area contributed by atoms with Gasteiger partial charge in [-0.1, -0.05) is 0 Å². The molecule has 1 amide bonds. The molecule has 0 bridgehead atoms. The summed E-state index contributed by atoms with van der Waals surface area (Å²) in [5.74, 6) is -0.123. The van der Waals surface area contributed by atoms with Crippen LogP contribution in [-0.2, 0) is 9.53 Å². The van der Waals surface area contributed by atoms with E-state index in [-0.39, 0.29) is 12.5 Å². The van der Waals surface area contributed by atoms with E-state index in [1.165, 1.54) is 0 Å². The smallest absolute Gasteiger partial charge is 0.325 e. The molecular weight excluding hydrogens is 314 g/mol. The SMILES string of the molecule is CCOC(=O)CNC(=O)c1ccc(OCC)c(Br)c1. The van der Waals surface area contributed by atoms with Crippen LogP contribution in [0.3, 0.4) is 0 Å². The molecule has 0 aromatic heterocycles. The quantitative estimate of drug-likeness (QED) is 0.812. The molecule has 6 heteroatoms. The highest BCUT2D eigenvalue weighted by Gasteiger charge is 2.10. The normalized spacial score (nSPS) is 9.84. The third kappa shape index (κ3) is 4.90. The van der Waals surface area contributed by atoms with E-state index in [2.05, 4.69) is 21.2 Å². The van der Waals surface area contributed by atoms with E-state index in [0.717, 1.165) is 0 Å². The minimum Gasteiger partial charge on any atom is -0.493 e. The maximum absolute atomic E-state index is 11.8. The Kier molecular flexibility index (Phi) is 6.35. The fourth-order valence-corrected chi connectivity index (χ4v) is 1.87. The van der Waals surface area contributed by atoms with Gasteiger partial charge in [-0.05, 0) is 48.0 Å². The van der Waals surface area contributed by atoms with Gasteiger partial charge in [-0.25, -0.2) is 0 Å². The Morgan fingerprint density at radius 1 is 1.26 bits per heavy atom. The van der Waals surface area contributed by atoms with Crippen molar-refractivity contribution in [1.29, 1.82) is 0 Å². The van der Waals surface area contributed by atoms with Crippen LogP contribution in [0.5, 0.6) is 5.75 Å². The lowest BCUT2D eigenvalue weighted by Gasteiger charge is -2.08. The second-order valence-corrected chi connectivity index (χ2v) is 4.42. The summed E-state index contributed by atoms with van der Waals surface area (Å²) in [4.78, 5) is 22.9. The van der Waals surface area contributed by atoms with Gasteiger partial charge in [0.1, 0.15) is 12.3 Å². The van der Waals surface area contributed by atoms with Crippen molar-refractivity contribution in [3.63, 3.8) is 0 Å². The van der Waals surface area contributed by atoms with Crippen LogP contribution in [0.1, 0.15) is 24.2 Å². The molecule has 5 nitrogen and oxygen atoms in total. The van der Waals surface area contributed by atoms with E-state index in [1.807, 2.05) is 6.92 Å². The number of carbonyl (C=O) groups excluding carboxylic acids is 2. The largest absolute Gasteiger partial charge is 0.493 e. The fraction of sp³-hybridized carbons (Fsp3) is 0.385. The summed E-state index contributed by atoms with van der Waals surface area (Å²) in [6.45, 7) is 4.30. The Hall–Kier alpha value is -1.56. The third-order valence-electron chi connectivity index (χ3n) is 2.19. The van der Waals surface area contributed by atoms with Gasteiger partial charge in [0.05, 0.1) is 17.7 Å². The van der Waals surface area contributed by atoms with E-state index < -0.39 is 5.97 Å². The molecule has 0 saturated heterocycles. The Morgan fingerprint density at radius 2 is 2.00 bits per heavy atom. The summed E-state index contributed by atoms with van der Waals surface area (Å²) >= 11 is 3.32. The number of halogens is 1. The van der Waals surface area contributed by atoms with Crippen molar-refractivity contribution >= 4 is 27.8 Å². The first-order chi connectivity index (χ1) is 9.08. The summed E-state index contributed by atoms with van der Waals surface area (Å²) in [7, 11) is 0. The molecule has 0 heterocycles. The number of hydrogen-bond donors (Lipinski definition) is 1. The molecular formula is C13H16BrNO4. The maximum Gasteiger partial charge on any atom is 0.325 e. The summed E-state index contributed by atoms with van der Waals surface area (Å²) in [5.41, 5.74) is 0.444. The molecule has 0 aliphatic carbocycles. The first-order valence-corrected chi connectivity index (χ1v) is 6.74. The molecule has 19 heavy (non-hydrogen) atoms. The standard InChI is InChI=1S/C13H16BrNO4/c1-3-18-11-6-5-9(7-10(11)14)13(17)15-8-12(16)19-4-2/h5-7H,3-4,8H2,1-2H3,(H,15,17). The summed E-state index contributed by atoms with van der Waals surface area (Å²) in [6.07, 6.45) is 0. The van der Waals surface area contributed by atoms with Crippen LogP contribution in [0, 0.1) is 0 Å². The predicted molar refractivity (Wildman–Crippen MR) is 74.3 cm³/mol. The zero-order valence-corrected chi connectivity index (χ0v) is 12.5. The molecule has 1 N–H and O–H groups in total. The Labute approximate surface area is 120 Å². The number of ether oxygens (including phenoxy) is 2. The average molecular weight is 330 g/mol. The van der Waals surface area contributed by atoms with Crippen LogP contribution >= 0.6 is 15.9 Å². The van der Waals surface area contributed by atoms with E-state index in [1.54, 1.807) is 25.1 Å². The zero-order valence-electron chi connectivity index (χ0n) is 10.9. The summed E-state index contributed by atoms with van der Waals surface area (Å²) in [6, 6.07) is 4.98. The maximum atomic E-state index is 11.8. The van der Waals surface area contributed by atoms with E-state index in [9.17, 15) is 9.59 Å². The van der Waals surface area contributed by atoms with Crippen molar-refractivity contribution in [2.45, 2.75) is 13.8 Å². The van der Waals surface area contributed by atoms with Gasteiger partial charge >= 0.3 is 5.97 Å². The number of nitrogens with one attached hydrogen (secondary N) is 1. The molecule has 0 spiro atoms. The Morgan fingerprint density at radius 3 is 2.58 bits per heavy atom. The van der Waals surface area contributed by atoms with Gasteiger partial charge in [0.25, 0.3) is 5.91 Å². The molecule has 104 valence electrons. The van der Waals surface area contributed by atoms with Crippen molar-refractivity contribution in [1.82, 2.24) is 5.32 Å². The van der Waals surface area contributed by atoms with Gasteiger partial charge in [-0.3, -0.25) is 9.59 Å². The molecule has 0 atom stereocenters. The van der Waals surface area contributed by atoms with Crippen molar-refractivity contribution in [2.24, 2.45) is 0 Å². The predicted octanol–water partition coefficient (Wildman–Crippen LogP) is 2.14. The van der Waals surface area contributed by atoms with Crippen LogP contribution in [-0.4, -0.2) is 31.6 Å². The lowest BCUT2D eigenvalue weighted by molar-refractivity contribution is -0.141. The first kappa shape index (κ1) is 15.5. The van der Waals surface area contributed by atoms with Crippen LogP contribution in [0.4, 0.5) is 0 Å². The van der Waals surface area contributed by atoms with Crippen LogP contribution in [0.2, 0.25) is 0 Å². The lowest BCUT2D eigenvalue weighted by Crippen LogP contribution is -2.30. The first-order valence-electron chi connectivity index (χ1n) is 5.94. The number of esters is 1. The number of benzene rings is 1. The van der Waals surface area contributed by atoms with Gasteiger partial charge in [0.2, 0.25) is 0 Å². The topological polar surface area (TPSA) is 64.6 Å². The minimum atomic E-state index is -0.458. The zero-order chi connectivity index (χ0) is 14.3. The third-order valence-corrected chi connectivity index (χ3v) is 2.81. The number of rotatable bonds is 6. The monoisotopic (exact) mass is 329 g/mol. The second-order valence-electron chi connectivity index (χ2n) is 3.57. The van der Waals surface area contributed by atoms with E-state index in [0.29, 0.717) is 29.0 Å². The highest BCUT2D eigenvalue weighted by atomic mass is 79.9. The van der Waals surface area contributed by atoms with Gasteiger partial charge in [-0.15, -0.1) is 0 Å². The van der Waals surface area contributed by atoms with E-state index >= 15 is 0 Å². The second kappa shape index (κ2) is 7.78. The number of hydrogen-bond acceptors (Lipinski definition) is 4. The molecule has 0 saturated carbocycles. The van der Waals surface area contributed by atoms with Crippen molar-refractivity contribution in [3.8, 4) is 5.75 Å².